The Bertz CT molecular complexity index is 392. The lowest BCUT2D eigenvalue weighted by Crippen LogP contribution is -2.30. The number of carboxylic acids is 1. The highest BCUT2D eigenvalue weighted by Crippen LogP contribution is 2.18. The van der Waals surface area contributed by atoms with Crippen LogP contribution in [0.4, 0.5) is 0 Å². The molecule has 1 aliphatic heterocycles. The van der Waals surface area contributed by atoms with Crippen molar-refractivity contribution in [2.24, 2.45) is 0 Å². The molecular weight excluding hydrogens is 206 g/mol. The number of rotatable bonds is 3. The number of hydrogen-bond acceptors (Lipinski definition) is 3. The number of hydrogen-bond donors (Lipinski definition) is 2. The van der Waals surface area contributed by atoms with E-state index in [9.17, 15) is 4.79 Å². The zero-order chi connectivity index (χ0) is 11.5. The molecule has 0 spiro atoms. The van der Waals surface area contributed by atoms with Crippen LogP contribution in [0.1, 0.15) is 12.0 Å². The van der Waals surface area contributed by atoms with Crippen LogP contribution in [0.2, 0.25) is 0 Å². The van der Waals surface area contributed by atoms with E-state index >= 15 is 0 Å². The fourth-order valence-corrected chi connectivity index (χ4v) is 1.86. The number of aliphatic carboxylic acids is 1. The van der Waals surface area contributed by atoms with Crippen molar-refractivity contribution in [3.05, 3.63) is 29.8 Å². The van der Waals surface area contributed by atoms with E-state index in [4.69, 9.17) is 9.84 Å². The Kier molecular flexibility index (Phi) is 3.10. The van der Waals surface area contributed by atoms with Crippen molar-refractivity contribution in [1.82, 2.24) is 5.32 Å². The Morgan fingerprint density at radius 2 is 2.38 bits per heavy atom. The van der Waals surface area contributed by atoms with Crippen molar-refractivity contribution in [1.29, 1.82) is 0 Å². The van der Waals surface area contributed by atoms with Gasteiger partial charge >= 0.3 is 5.97 Å². The molecule has 86 valence electrons. The molecule has 0 radical (unpaired) electrons. The fraction of sp³-hybridized carbons (Fsp3) is 0.417. The number of ether oxygens (including phenoxy) is 1. The van der Waals surface area contributed by atoms with E-state index in [1.54, 1.807) is 0 Å². The first-order valence-electron chi connectivity index (χ1n) is 5.34. The molecular formula is C12H15NO3. The van der Waals surface area contributed by atoms with Gasteiger partial charge in [0, 0.05) is 13.0 Å². The molecule has 1 aromatic rings. The lowest BCUT2D eigenvalue weighted by molar-refractivity contribution is -0.139. The molecule has 16 heavy (non-hydrogen) atoms. The molecule has 0 aromatic heterocycles. The van der Waals surface area contributed by atoms with Gasteiger partial charge in [0.15, 0.2) is 0 Å². The van der Waals surface area contributed by atoms with E-state index < -0.39 is 12.0 Å². The number of aryl methyl sites for hydroxylation is 1. The Labute approximate surface area is 94.2 Å². The first-order valence-corrected chi connectivity index (χ1v) is 5.34. The predicted octanol–water partition coefficient (Wildman–Crippen LogP) is 1.19. The molecule has 0 unspecified atom stereocenters. The van der Waals surface area contributed by atoms with Crippen LogP contribution in [0, 0.1) is 6.92 Å². The van der Waals surface area contributed by atoms with Crippen molar-refractivity contribution in [2.45, 2.75) is 25.5 Å². The maximum Gasteiger partial charge on any atom is 0.320 e. The average molecular weight is 221 g/mol. The molecule has 2 N–H and O–H groups in total. The van der Waals surface area contributed by atoms with E-state index in [-0.39, 0.29) is 6.10 Å². The normalized spacial score (nSPS) is 24.3. The first-order chi connectivity index (χ1) is 7.65. The average Bonchev–Trinajstić information content (AvgIpc) is 2.66. The summed E-state index contributed by atoms with van der Waals surface area (Å²) in [6.07, 6.45) is 0.464. The third-order valence-electron chi connectivity index (χ3n) is 2.68. The van der Waals surface area contributed by atoms with Crippen LogP contribution in [0.3, 0.4) is 0 Å². The summed E-state index contributed by atoms with van der Waals surface area (Å²) < 4.78 is 5.71. The monoisotopic (exact) mass is 221 g/mol. The molecule has 1 aromatic carbocycles. The minimum Gasteiger partial charge on any atom is -0.489 e. The van der Waals surface area contributed by atoms with Crippen LogP contribution in [0.5, 0.6) is 5.75 Å². The number of benzene rings is 1. The maximum absolute atomic E-state index is 10.7. The minimum absolute atomic E-state index is 0.0529. The van der Waals surface area contributed by atoms with Crippen molar-refractivity contribution < 1.29 is 14.6 Å². The molecule has 0 amide bonds. The van der Waals surface area contributed by atoms with Gasteiger partial charge < -0.3 is 15.2 Å². The van der Waals surface area contributed by atoms with Crippen LogP contribution in [-0.4, -0.2) is 29.8 Å². The number of carbonyl (C=O) groups is 1. The highest BCUT2D eigenvalue weighted by molar-refractivity contribution is 5.73. The van der Waals surface area contributed by atoms with Crippen LogP contribution in [-0.2, 0) is 4.79 Å². The van der Waals surface area contributed by atoms with E-state index in [1.807, 2.05) is 31.2 Å². The van der Waals surface area contributed by atoms with Crippen molar-refractivity contribution in [3.8, 4) is 5.75 Å². The summed E-state index contributed by atoms with van der Waals surface area (Å²) in [4.78, 5) is 10.7. The molecule has 1 aliphatic rings. The van der Waals surface area contributed by atoms with E-state index in [2.05, 4.69) is 5.32 Å². The SMILES string of the molecule is Cc1cccc(O[C@H]2CN[C@H](C(=O)O)C2)c1. The molecule has 2 rings (SSSR count). The summed E-state index contributed by atoms with van der Waals surface area (Å²) in [6, 6.07) is 7.30. The molecule has 1 heterocycles. The van der Waals surface area contributed by atoms with Crippen LogP contribution < -0.4 is 10.1 Å². The largest absolute Gasteiger partial charge is 0.489 e. The summed E-state index contributed by atoms with van der Waals surface area (Å²) >= 11 is 0. The number of nitrogens with one attached hydrogen (secondary N) is 1. The maximum atomic E-state index is 10.7. The smallest absolute Gasteiger partial charge is 0.320 e. The number of carboxylic acid groups (broad SMARTS) is 1. The Morgan fingerprint density at radius 3 is 3.00 bits per heavy atom. The Hall–Kier alpha value is -1.55. The van der Waals surface area contributed by atoms with Gasteiger partial charge in [-0.2, -0.15) is 0 Å². The molecule has 0 aliphatic carbocycles. The topological polar surface area (TPSA) is 58.6 Å². The molecule has 1 saturated heterocycles. The zero-order valence-corrected chi connectivity index (χ0v) is 9.14. The lowest BCUT2D eigenvalue weighted by Gasteiger charge is -2.12. The predicted molar refractivity (Wildman–Crippen MR) is 59.6 cm³/mol. The van der Waals surface area contributed by atoms with Crippen molar-refractivity contribution in [2.75, 3.05) is 6.54 Å². The van der Waals surface area contributed by atoms with Gasteiger partial charge in [-0.1, -0.05) is 12.1 Å². The Morgan fingerprint density at radius 1 is 1.56 bits per heavy atom. The summed E-state index contributed by atoms with van der Waals surface area (Å²) in [5.41, 5.74) is 1.14. The van der Waals surface area contributed by atoms with Crippen LogP contribution in [0.15, 0.2) is 24.3 Å². The molecule has 2 atom stereocenters. The summed E-state index contributed by atoms with van der Waals surface area (Å²) in [5, 5.41) is 11.7. The minimum atomic E-state index is -0.810. The molecule has 4 nitrogen and oxygen atoms in total. The van der Waals surface area contributed by atoms with E-state index in [0.717, 1.165) is 11.3 Å². The van der Waals surface area contributed by atoms with Gasteiger partial charge in [0.2, 0.25) is 0 Å². The van der Waals surface area contributed by atoms with E-state index in [1.165, 1.54) is 0 Å². The summed E-state index contributed by atoms with van der Waals surface area (Å²) in [5.74, 6) is -0.00631. The second-order valence-corrected chi connectivity index (χ2v) is 4.09. The third-order valence-corrected chi connectivity index (χ3v) is 2.68. The standard InChI is InChI=1S/C12H15NO3/c1-8-3-2-4-9(5-8)16-10-6-11(12(14)15)13-7-10/h2-5,10-11,13H,6-7H2,1H3,(H,14,15)/t10-,11+/m1/s1. The molecule has 0 bridgehead atoms. The zero-order valence-electron chi connectivity index (χ0n) is 9.14. The molecule has 1 fully saturated rings. The van der Waals surface area contributed by atoms with Gasteiger partial charge in [0.1, 0.15) is 17.9 Å². The van der Waals surface area contributed by atoms with Gasteiger partial charge in [0.25, 0.3) is 0 Å². The summed E-state index contributed by atoms with van der Waals surface area (Å²) in [6.45, 7) is 2.59. The van der Waals surface area contributed by atoms with E-state index in [0.29, 0.717) is 13.0 Å². The highest BCUT2D eigenvalue weighted by Gasteiger charge is 2.30. The van der Waals surface area contributed by atoms with Gasteiger partial charge in [-0.3, -0.25) is 4.79 Å². The molecule has 0 saturated carbocycles. The van der Waals surface area contributed by atoms with Crippen molar-refractivity contribution in [3.63, 3.8) is 0 Å². The van der Waals surface area contributed by atoms with Gasteiger partial charge in [-0.15, -0.1) is 0 Å². The highest BCUT2D eigenvalue weighted by atomic mass is 16.5. The lowest BCUT2D eigenvalue weighted by atomic mass is 10.2. The van der Waals surface area contributed by atoms with Crippen LogP contribution in [0.25, 0.3) is 0 Å². The van der Waals surface area contributed by atoms with Gasteiger partial charge in [0.05, 0.1) is 0 Å². The van der Waals surface area contributed by atoms with Crippen LogP contribution >= 0.6 is 0 Å². The van der Waals surface area contributed by atoms with Crippen molar-refractivity contribution >= 4 is 5.97 Å². The third kappa shape index (κ3) is 2.52. The first kappa shape index (κ1) is 11.0. The fourth-order valence-electron chi connectivity index (χ4n) is 1.86. The quantitative estimate of drug-likeness (QED) is 0.805. The Balaban J connectivity index is 1.94. The second-order valence-electron chi connectivity index (χ2n) is 4.09. The van der Waals surface area contributed by atoms with Gasteiger partial charge in [-0.25, -0.2) is 0 Å². The summed E-state index contributed by atoms with van der Waals surface area (Å²) in [7, 11) is 0. The molecule has 4 heteroatoms. The second kappa shape index (κ2) is 4.53. The van der Waals surface area contributed by atoms with Gasteiger partial charge in [-0.05, 0) is 24.6 Å².